The lowest BCUT2D eigenvalue weighted by molar-refractivity contribution is -0.113. The summed E-state index contributed by atoms with van der Waals surface area (Å²) < 4.78 is 5.74. The highest BCUT2D eigenvalue weighted by molar-refractivity contribution is 7.99. The Balaban J connectivity index is 1.56. The molecule has 0 radical (unpaired) electrons. The fourth-order valence-electron chi connectivity index (χ4n) is 2.94. The molecule has 32 heavy (non-hydrogen) atoms. The summed E-state index contributed by atoms with van der Waals surface area (Å²) in [5, 5.41) is 17.8. The van der Waals surface area contributed by atoms with Gasteiger partial charge in [-0.1, -0.05) is 30.0 Å². The maximum Gasteiger partial charge on any atom is 0.256 e. The first-order valence-electron chi connectivity index (χ1n) is 9.50. The van der Waals surface area contributed by atoms with Gasteiger partial charge in [-0.15, -0.1) is 11.3 Å². The summed E-state index contributed by atoms with van der Waals surface area (Å²) in [6.45, 7) is 3.69. The summed E-state index contributed by atoms with van der Waals surface area (Å²) in [6.07, 6.45) is 0. The quantitative estimate of drug-likeness (QED) is 0.312. The monoisotopic (exact) mass is 463 g/mol. The third-order valence-corrected chi connectivity index (χ3v) is 6.32. The van der Waals surface area contributed by atoms with Crippen LogP contribution in [0.15, 0.2) is 51.4 Å². The molecule has 0 saturated carbocycles. The van der Waals surface area contributed by atoms with Crippen LogP contribution < -0.4 is 10.6 Å². The van der Waals surface area contributed by atoms with Crippen LogP contribution in [0.2, 0.25) is 0 Å². The van der Waals surface area contributed by atoms with Gasteiger partial charge in [-0.3, -0.25) is 9.59 Å². The van der Waals surface area contributed by atoms with Crippen LogP contribution in [-0.4, -0.2) is 27.5 Å². The highest BCUT2D eigenvalue weighted by Crippen LogP contribution is 2.31. The van der Waals surface area contributed by atoms with E-state index >= 15 is 0 Å². The molecule has 0 aliphatic heterocycles. The fourth-order valence-corrected chi connectivity index (χ4v) is 4.33. The first-order chi connectivity index (χ1) is 15.5. The van der Waals surface area contributed by atoms with Gasteiger partial charge in [-0.25, -0.2) is 4.98 Å². The van der Waals surface area contributed by atoms with E-state index in [-0.39, 0.29) is 22.7 Å². The van der Waals surface area contributed by atoms with Gasteiger partial charge < -0.3 is 15.1 Å². The number of carbonyl (C=O) groups is 2. The molecule has 4 rings (SSSR count). The maximum atomic E-state index is 12.7. The highest BCUT2D eigenvalue weighted by Gasteiger charge is 2.19. The molecular formula is C22H17N5O3S2. The minimum absolute atomic E-state index is 0.0268. The van der Waals surface area contributed by atoms with Crippen LogP contribution in [0, 0.1) is 25.2 Å². The van der Waals surface area contributed by atoms with E-state index in [1.165, 1.54) is 11.3 Å². The van der Waals surface area contributed by atoms with Gasteiger partial charge in [-0.2, -0.15) is 10.2 Å². The van der Waals surface area contributed by atoms with Gasteiger partial charge in [0.15, 0.2) is 5.16 Å². The van der Waals surface area contributed by atoms with Gasteiger partial charge in [0.25, 0.3) is 5.91 Å². The maximum absolute atomic E-state index is 12.7. The molecule has 0 fully saturated rings. The molecule has 160 valence electrons. The number of aromatic nitrogens is 2. The Morgan fingerprint density at radius 3 is 2.69 bits per heavy atom. The van der Waals surface area contributed by atoms with Gasteiger partial charge in [-0.05, 0) is 37.4 Å². The minimum atomic E-state index is -0.306. The molecule has 0 aliphatic rings. The summed E-state index contributed by atoms with van der Waals surface area (Å²) >= 11 is 2.39. The fraction of sp³-hybridized carbons (Fsp3) is 0.136. The van der Waals surface area contributed by atoms with Crippen LogP contribution in [0.3, 0.4) is 0 Å². The number of rotatable bonds is 6. The summed E-state index contributed by atoms with van der Waals surface area (Å²) in [6, 6.07) is 12.5. The lowest BCUT2D eigenvalue weighted by atomic mass is 10.2. The number of thioether (sulfide) groups is 1. The van der Waals surface area contributed by atoms with Crippen molar-refractivity contribution >= 4 is 56.8 Å². The Bertz CT molecular complexity index is 1360. The number of aryl methyl sites for hydroxylation is 2. The Hall–Kier alpha value is -3.68. The van der Waals surface area contributed by atoms with Crippen molar-refractivity contribution in [2.75, 3.05) is 16.4 Å². The smallest absolute Gasteiger partial charge is 0.256 e. The van der Waals surface area contributed by atoms with Crippen molar-refractivity contribution < 1.29 is 14.0 Å². The zero-order valence-electron chi connectivity index (χ0n) is 17.1. The molecule has 1 aromatic carbocycles. The highest BCUT2D eigenvalue weighted by atomic mass is 32.2. The van der Waals surface area contributed by atoms with Gasteiger partial charge in [0.1, 0.15) is 22.6 Å². The van der Waals surface area contributed by atoms with Gasteiger partial charge in [0.05, 0.1) is 16.7 Å². The lowest BCUT2D eigenvalue weighted by Crippen LogP contribution is -2.15. The van der Waals surface area contributed by atoms with Crippen molar-refractivity contribution in [3.8, 4) is 6.07 Å². The number of amides is 2. The predicted octanol–water partition coefficient (Wildman–Crippen LogP) is 4.76. The average Bonchev–Trinajstić information content (AvgIpc) is 3.36. The summed E-state index contributed by atoms with van der Waals surface area (Å²) in [4.78, 5) is 33.9. The number of benzene rings is 1. The second kappa shape index (κ2) is 9.21. The number of fused-ring (bicyclic) bond motifs is 1. The molecule has 0 bridgehead atoms. The molecular weight excluding hydrogens is 446 g/mol. The van der Waals surface area contributed by atoms with E-state index in [2.05, 4.69) is 20.6 Å². The number of hydrogen-bond acceptors (Lipinski definition) is 8. The molecule has 0 aliphatic carbocycles. The van der Waals surface area contributed by atoms with Crippen LogP contribution in [-0.2, 0) is 4.79 Å². The Morgan fingerprint density at radius 1 is 1.16 bits per heavy atom. The van der Waals surface area contributed by atoms with Crippen molar-refractivity contribution in [3.05, 3.63) is 64.2 Å². The van der Waals surface area contributed by atoms with Crippen LogP contribution in [0.5, 0.6) is 0 Å². The topological polar surface area (TPSA) is 121 Å². The van der Waals surface area contributed by atoms with E-state index in [1.54, 1.807) is 35.7 Å². The predicted molar refractivity (Wildman–Crippen MR) is 124 cm³/mol. The van der Waals surface area contributed by atoms with Crippen LogP contribution in [0.25, 0.3) is 11.1 Å². The van der Waals surface area contributed by atoms with Crippen molar-refractivity contribution in [3.63, 3.8) is 0 Å². The number of hydrogen-bond donors (Lipinski definition) is 2. The van der Waals surface area contributed by atoms with E-state index in [0.717, 1.165) is 17.3 Å². The number of nitriles is 1. The number of thiophene rings is 1. The molecule has 10 heteroatoms. The molecule has 3 aromatic heterocycles. The normalized spacial score (nSPS) is 10.7. The number of furan rings is 1. The zero-order valence-corrected chi connectivity index (χ0v) is 18.8. The van der Waals surface area contributed by atoms with Gasteiger partial charge in [0.2, 0.25) is 11.6 Å². The first-order valence-corrected chi connectivity index (χ1v) is 11.4. The molecule has 0 spiro atoms. The number of nitrogens with one attached hydrogen (secondary N) is 2. The molecule has 0 saturated heterocycles. The first kappa shape index (κ1) is 21.5. The number of anilines is 2. The molecule has 8 nitrogen and oxygen atoms in total. The summed E-state index contributed by atoms with van der Waals surface area (Å²) in [7, 11) is 0. The average molecular weight is 464 g/mol. The third-order valence-electron chi connectivity index (χ3n) is 4.65. The molecule has 0 unspecified atom stereocenters. The van der Waals surface area contributed by atoms with E-state index < -0.39 is 0 Å². The SMILES string of the molecule is Cc1oc2nc(SCC(=O)Nc3sccc3C#N)nc(NC(=O)c3ccccc3)c2c1C. The van der Waals surface area contributed by atoms with Crippen molar-refractivity contribution in [1.82, 2.24) is 9.97 Å². The van der Waals surface area contributed by atoms with E-state index in [4.69, 9.17) is 9.68 Å². The lowest BCUT2D eigenvalue weighted by Gasteiger charge is -2.08. The number of carbonyl (C=O) groups excluding carboxylic acids is 2. The minimum Gasteiger partial charge on any atom is -0.443 e. The number of nitrogens with zero attached hydrogens (tertiary/aromatic N) is 3. The summed E-state index contributed by atoms with van der Waals surface area (Å²) in [5.41, 5.74) is 2.08. The van der Waals surface area contributed by atoms with Crippen molar-refractivity contribution in [1.29, 1.82) is 5.26 Å². The van der Waals surface area contributed by atoms with Crippen LogP contribution >= 0.6 is 23.1 Å². The Labute approximate surface area is 191 Å². The molecule has 3 heterocycles. The standard InChI is InChI=1S/C22H17N5O3S2/c1-12-13(2)30-20-17(12)18(25-19(29)14-6-4-3-5-7-14)26-22(27-20)32-11-16(28)24-21-15(10-23)8-9-31-21/h3-9H,11H2,1-2H3,(H,24,28)(H,25,26,27,29). The van der Waals surface area contributed by atoms with E-state index in [0.29, 0.717) is 38.8 Å². The zero-order chi connectivity index (χ0) is 22.7. The van der Waals surface area contributed by atoms with Crippen molar-refractivity contribution in [2.24, 2.45) is 0 Å². The second-order valence-electron chi connectivity index (χ2n) is 6.75. The molecule has 0 atom stereocenters. The second-order valence-corrected chi connectivity index (χ2v) is 8.61. The molecule has 4 aromatic rings. The van der Waals surface area contributed by atoms with Crippen LogP contribution in [0.4, 0.5) is 10.8 Å². The Kier molecular flexibility index (Phi) is 6.20. The van der Waals surface area contributed by atoms with Gasteiger partial charge >= 0.3 is 0 Å². The third kappa shape index (κ3) is 4.49. The van der Waals surface area contributed by atoms with Crippen molar-refractivity contribution in [2.45, 2.75) is 19.0 Å². The molecule has 2 N–H and O–H groups in total. The van der Waals surface area contributed by atoms with Crippen LogP contribution in [0.1, 0.15) is 27.2 Å². The largest absolute Gasteiger partial charge is 0.443 e. The summed E-state index contributed by atoms with van der Waals surface area (Å²) in [5.74, 6) is 0.426. The van der Waals surface area contributed by atoms with E-state index in [9.17, 15) is 9.59 Å². The Morgan fingerprint density at radius 2 is 1.94 bits per heavy atom. The molecule has 2 amide bonds. The van der Waals surface area contributed by atoms with E-state index in [1.807, 2.05) is 26.0 Å². The van der Waals surface area contributed by atoms with Gasteiger partial charge in [0, 0.05) is 11.1 Å².